The minimum atomic E-state index is -0.410. The largest absolute Gasteiger partial charge is 0.494 e. The zero-order chi connectivity index (χ0) is 20.6. The van der Waals surface area contributed by atoms with Crippen molar-refractivity contribution in [3.8, 4) is 11.5 Å². The van der Waals surface area contributed by atoms with Crippen molar-refractivity contribution in [3.05, 3.63) is 60.0 Å². The fourth-order valence-corrected chi connectivity index (χ4v) is 3.14. The van der Waals surface area contributed by atoms with Gasteiger partial charge in [0.25, 0.3) is 11.1 Å². The Morgan fingerprint density at radius 1 is 1.14 bits per heavy atom. The summed E-state index contributed by atoms with van der Waals surface area (Å²) in [6.45, 7) is 6.47. The molecular weight excluding hydrogens is 390 g/mol. The average molecular weight is 413 g/mol. The first-order valence-corrected chi connectivity index (χ1v) is 10.1. The summed E-state index contributed by atoms with van der Waals surface area (Å²) < 4.78 is 16.6. The van der Waals surface area contributed by atoms with Gasteiger partial charge in [0.15, 0.2) is 6.61 Å². The summed E-state index contributed by atoms with van der Waals surface area (Å²) in [6.07, 6.45) is 0. The van der Waals surface area contributed by atoms with E-state index in [9.17, 15) is 4.79 Å². The molecular formula is C21H23N3O4S. The second-order valence-corrected chi connectivity index (χ2v) is 7.57. The lowest BCUT2D eigenvalue weighted by Crippen LogP contribution is -2.22. The molecule has 0 saturated carbocycles. The number of aromatic nitrogens is 2. The highest BCUT2D eigenvalue weighted by Gasteiger charge is 2.18. The van der Waals surface area contributed by atoms with Gasteiger partial charge in [0, 0.05) is 5.69 Å². The Hall–Kier alpha value is -3.00. The minimum Gasteiger partial charge on any atom is -0.494 e. The van der Waals surface area contributed by atoms with Crippen LogP contribution >= 0.6 is 11.8 Å². The molecule has 0 bridgehead atoms. The fraction of sp³-hybridized carbons (Fsp3) is 0.286. The van der Waals surface area contributed by atoms with Gasteiger partial charge >= 0.3 is 0 Å². The molecule has 1 heterocycles. The molecule has 8 heteroatoms. The lowest BCUT2D eigenvalue weighted by Gasteiger charge is -2.10. The van der Waals surface area contributed by atoms with Gasteiger partial charge in [-0.3, -0.25) is 4.79 Å². The molecule has 2 aromatic carbocycles. The number of benzene rings is 2. The van der Waals surface area contributed by atoms with Gasteiger partial charge in [-0.25, -0.2) is 0 Å². The van der Waals surface area contributed by atoms with Crippen LogP contribution in [0.1, 0.15) is 25.3 Å². The SMILES string of the molecule is CCOc1ccc(NC(=O)[C@@H](C)Sc2nnc(COc3cccc(C)c3)o2)cc1. The first kappa shape index (κ1) is 20.7. The number of nitrogens with zero attached hydrogens (tertiary/aromatic N) is 2. The normalized spacial score (nSPS) is 11.7. The van der Waals surface area contributed by atoms with Crippen LogP contribution in [0.15, 0.2) is 58.2 Å². The number of amides is 1. The highest BCUT2D eigenvalue weighted by atomic mass is 32.2. The molecule has 0 aliphatic carbocycles. The maximum Gasteiger partial charge on any atom is 0.277 e. The molecule has 0 aliphatic heterocycles. The van der Waals surface area contributed by atoms with Gasteiger partial charge in [0.05, 0.1) is 11.9 Å². The number of carbonyl (C=O) groups excluding carboxylic acids is 1. The molecule has 7 nitrogen and oxygen atoms in total. The number of anilines is 1. The molecule has 1 amide bonds. The number of carbonyl (C=O) groups is 1. The van der Waals surface area contributed by atoms with Crippen molar-refractivity contribution in [3.63, 3.8) is 0 Å². The molecule has 29 heavy (non-hydrogen) atoms. The van der Waals surface area contributed by atoms with E-state index in [-0.39, 0.29) is 12.5 Å². The molecule has 0 saturated heterocycles. The Bertz CT molecular complexity index is 943. The number of aryl methyl sites for hydroxylation is 1. The maximum atomic E-state index is 12.4. The zero-order valence-corrected chi connectivity index (χ0v) is 17.4. The van der Waals surface area contributed by atoms with Crippen molar-refractivity contribution < 1.29 is 18.7 Å². The van der Waals surface area contributed by atoms with Crippen LogP contribution < -0.4 is 14.8 Å². The molecule has 1 N–H and O–H groups in total. The quantitative estimate of drug-likeness (QED) is 0.518. The Morgan fingerprint density at radius 2 is 1.93 bits per heavy atom. The lowest BCUT2D eigenvalue weighted by molar-refractivity contribution is -0.115. The predicted molar refractivity (Wildman–Crippen MR) is 111 cm³/mol. The monoisotopic (exact) mass is 413 g/mol. The van der Waals surface area contributed by atoms with Crippen molar-refractivity contribution in [1.82, 2.24) is 10.2 Å². The minimum absolute atomic E-state index is 0.157. The van der Waals surface area contributed by atoms with E-state index in [0.717, 1.165) is 17.1 Å². The predicted octanol–water partition coefficient (Wildman–Crippen LogP) is 4.48. The van der Waals surface area contributed by atoms with Gasteiger partial charge in [0.2, 0.25) is 5.91 Å². The molecule has 3 rings (SSSR count). The van der Waals surface area contributed by atoms with E-state index in [1.54, 1.807) is 19.1 Å². The Labute approximate surface area is 173 Å². The number of hydrogen-bond donors (Lipinski definition) is 1. The summed E-state index contributed by atoms with van der Waals surface area (Å²) in [6, 6.07) is 14.9. The van der Waals surface area contributed by atoms with Crippen molar-refractivity contribution in [2.75, 3.05) is 11.9 Å². The second-order valence-electron chi connectivity index (χ2n) is 6.27. The van der Waals surface area contributed by atoms with Gasteiger partial charge in [-0.05, 0) is 62.7 Å². The third-order valence-electron chi connectivity index (χ3n) is 3.88. The number of nitrogens with one attached hydrogen (secondary N) is 1. The van der Waals surface area contributed by atoms with E-state index in [1.807, 2.05) is 50.2 Å². The molecule has 152 valence electrons. The summed E-state index contributed by atoms with van der Waals surface area (Å²) in [7, 11) is 0. The molecule has 1 aromatic heterocycles. The van der Waals surface area contributed by atoms with Crippen molar-refractivity contribution in [1.29, 1.82) is 0 Å². The van der Waals surface area contributed by atoms with Crippen molar-refractivity contribution in [2.24, 2.45) is 0 Å². The molecule has 0 fully saturated rings. The van der Waals surface area contributed by atoms with Crippen LogP contribution in [0.5, 0.6) is 11.5 Å². The van der Waals surface area contributed by atoms with Crippen molar-refractivity contribution in [2.45, 2.75) is 37.9 Å². The summed E-state index contributed by atoms with van der Waals surface area (Å²) in [5.41, 5.74) is 1.81. The van der Waals surface area contributed by atoms with Gasteiger partial charge in [-0.2, -0.15) is 0 Å². The molecule has 3 aromatic rings. The van der Waals surface area contributed by atoms with Crippen LogP contribution in [-0.4, -0.2) is 28.0 Å². The maximum absolute atomic E-state index is 12.4. The summed E-state index contributed by atoms with van der Waals surface area (Å²) in [4.78, 5) is 12.4. The first-order chi connectivity index (χ1) is 14.0. The number of ether oxygens (including phenoxy) is 2. The fourth-order valence-electron chi connectivity index (χ4n) is 2.44. The topological polar surface area (TPSA) is 86.5 Å². The van der Waals surface area contributed by atoms with Gasteiger partial charge in [0.1, 0.15) is 11.5 Å². The second kappa shape index (κ2) is 9.97. The Kier molecular flexibility index (Phi) is 7.13. The third kappa shape index (κ3) is 6.25. The third-order valence-corrected chi connectivity index (χ3v) is 4.81. The van der Waals surface area contributed by atoms with Gasteiger partial charge in [-0.15, -0.1) is 10.2 Å². The number of thioether (sulfide) groups is 1. The highest BCUT2D eigenvalue weighted by molar-refractivity contribution is 8.00. The lowest BCUT2D eigenvalue weighted by atomic mass is 10.2. The molecule has 0 unspecified atom stereocenters. The highest BCUT2D eigenvalue weighted by Crippen LogP contribution is 2.24. The average Bonchev–Trinajstić information content (AvgIpc) is 3.15. The zero-order valence-electron chi connectivity index (χ0n) is 16.5. The van der Waals surface area contributed by atoms with Crippen LogP contribution in [0.25, 0.3) is 0 Å². The molecule has 0 radical (unpaired) electrons. The number of rotatable bonds is 9. The van der Waals surface area contributed by atoms with Gasteiger partial charge < -0.3 is 19.2 Å². The van der Waals surface area contributed by atoms with Crippen LogP contribution in [0, 0.1) is 6.92 Å². The van der Waals surface area contributed by atoms with Crippen LogP contribution in [-0.2, 0) is 11.4 Å². The van der Waals surface area contributed by atoms with Crippen LogP contribution in [0.4, 0.5) is 5.69 Å². The Morgan fingerprint density at radius 3 is 2.66 bits per heavy atom. The standard InChI is InChI=1S/C21H23N3O4S/c1-4-26-17-10-8-16(9-11-17)22-20(25)15(3)29-21-24-23-19(28-21)13-27-18-7-5-6-14(2)12-18/h5-12,15H,4,13H2,1-3H3,(H,22,25)/t15-/m1/s1. The smallest absolute Gasteiger partial charge is 0.277 e. The van der Waals surface area contributed by atoms with E-state index >= 15 is 0 Å². The summed E-state index contributed by atoms with van der Waals surface area (Å²) in [5.74, 6) is 1.70. The van der Waals surface area contributed by atoms with E-state index < -0.39 is 5.25 Å². The van der Waals surface area contributed by atoms with E-state index in [4.69, 9.17) is 13.9 Å². The van der Waals surface area contributed by atoms with E-state index in [2.05, 4.69) is 15.5 Å². The molecule has 0 aliphatic rings. The summed E-state index contributed by atoms with van der Waals surface area (Å²) in [5, 5.41) is 10.7. The van der Waals surface area contributed by atoms with Crippen molar-refractivity contribution >= 4 is 23.4 Å². The van der Waals surface area contributed by atoms with E-state index in [0.29, 0.717) is 23.4 Å². The van der Waals surface area contributed by atoms with E-state index in [1.165, 1.54) is 11.8 Å². The molecule has 1 atom stereocenters. The summed E-state index contributed by atoms with van der Waals surface area (Å²) >= 11 is 1.19. The number of hydrogen-bond acceptors (Lipinski definition) is 7. The first-order valence-electron chi connectivity index (χ1n) is 9.25. The van der Waals surface area contributed by atoms with Crippen LogP contribution in [0.3, 0.4) is 0 Å². The molecule has 0 spiro atoms. The van der Waals surface area contributed by atoms with Crippen LogP contribution in [0.2, 0.25) is 0 Å². The Balaban J connectivity index is 1.49. The van der Waals surface area contributed by atoms with Gasteiger partial charge in [-0.1, -0.05) is 23.9 Å².